The zero-order chi connectivity index (χ0) is 14.7. The predicted octanol–water partition coefficient (Wildman–Crippen LogP) is 2.52. The van der Waals surface area contributed by atoms with Crippen molar-refractivity contribution in [2.45, 2.75) is 0 Å². The number of hydrogen-bond donors (Lipinski definition) is 1. The van der Waals surface area contributed by atoms with Gasteiger partial charge in [-0.15, -0.1) is 0 Å². The number of pyridine rings is 1. The fourth-order valence-corrected chi connectivity index (χ4v) is 1.51. The van der Waals surface area contributed by atoms with Crippen LogP contribution in [-0.4, -0.2) is 15.8 Å². The third-order valence-corrected chi connectivity index (χ3v) is 2.37. The van der Waals surface area contributed by atoms with E-state index >= 15 is 0 Å². The number of halogens is 2. The number of nitrogens with zero attached hydrogens (tertiary/aromatic N) is 2. The zero-order valence-electron chi connectivity index (χ0n) is 9.84. The van der Waals surface area contributed by atoms with E-state index in [1.807, 2.05) is 0 Å². The number of rotatable bonds is 3. The van der Waals surface area contributed by atoms with Crippen LogP contribution in [0, 0.1) is 21.7 Å². The van der Waals surface area contributed by atoms with Crippen LogP contribution in [0.25, 0.3) is 0 Å². The van der Waals surface area contributed by atoms with Gasteiger partial charge in [0.15, 0.2) is 5.82 Å². The van der Waals surface area contributed by atoms with E-state index < -0.39 is 28.2 Å². The molecule has 0 radical (unpaired) electrons. The van der Waals surface area contributed by atoms with E-state index in [0.717, 1.165) is 24.4 Å². The van der Waals surface area contributed by atoms with Gasteiger partial charge in [-0.3, -0.25) is 19.9 Å². The lowest BCUT2D eigenvalue weighted by Gasteiger charge is -2.06. The maximum Gasteiger partial charge on any atom is 0.274 e. The molecule has 2 aromatic rings. The van der Waals surface area contributed by atoms with Crippen molar-refractivity contribution in [3.8, 4) is 0 Å². The predicted molar refractivity (Wildman–Crippen MR) is 65.2 cm³/mol. The summed E-state index contributed by atoms with van der Waals surface area (Å²) in [6, 6.07) is 3.71. The minimum absolute atomic E-state index is 0.141. The van der Waals surface area contributed by atoms with Gasteiger partial charge in [0.05, 0.1) is 28.4 Å². The highest BCUT2D eigenvalue weighted by Crippen LogP contribution is 2.20. The van der Waals surface area contributed by atoms with Gasteiger partial charge in [0.1, 0.15) is 5.82 Å². The number of anilines is 1. The Morgan fingerprint density at radius 3 is 2.70 bits per heavy atom. The van der Waals surface area contributed by atoms with E-state index in [0.29, 0.717) is 6.07 Å². The molecule has 1 N–H and O–H groups in total. The Morgan fingerprint density at radius 2 is 2.05 bits per heavy atom. The minimum atomic E-state index is -0.885. The molecule has 102 valence electrons. The standard InChI is InChI=1S/C12H7F2N3O3/c13-7-3-8(5-9(4-7)17(19)20)16-12(18)10-1-2-15-6-11(10)14/h1-6H,(H,16,18). The number of amides is 1. The lowest BCUT2D eigenvalue weighted by molar-refractivity contribution is -0.385. The van der Waals surface area contributed by atoms with Gasteiger partial charge < -0.3 is 5.32 Å². The highest BCUT2D eigenvalue weighted by Gasteiger charge is 2.15. The fourth-order valence-electron chi connectivity index (χ4n) is 1.51. The molecular weight excluding hydrogens is 272 g/mol. The molecule has 2 rings (SSSR count). The van der Waals surface area contributed by atoms with Gasteiger partial charge in [-0.1, -0.05) is 0 Å². The maximum absolute atomic E-state index is 13.3. The van der Waals surface area contributed by atoms with Crippen LogP contribution in [0.1, 0.15) is 10.4 Å². The fraction of sp³-hybridized carbons (Fsp3) is 0. The molecule has 1 amide bonds. The molecule has 0 spiro atoms. The van der Waals surface area contributed by atoms with Crippen molar-refractivity contribution in [1.29, 1.82) is 0 Å². The molecule has 0 aliphatic rings. The second kappa shape index (κ2) is 5.39. The molecule has 0 saturated heterocycles. The van der Waals surface area contributed by atoms with Crippen molar-refractivity contribution in [1.82, 2.24) is 4.98 Å². The van der Waals surface area contributed by atoms with Gasteiger partial charge in [0.25, 0.3) is 11.6 Å². The number of nitro groups is 1. The van der Waals surface area contributed by atoms with E-state index in [1.54, 1.807) is 0 Å². The summed E-state index contributed by atoms with van der Waals surface area (Å²) in [5, 5.41) is 12.8. The first kappa shape index (κ1) is 13.5. The monoisotopic (exact) mass is 279 g/mol. The smallest absolute Gasteiger partial charge is 0.274 e. The number of carbonyl (C=O) groups is 1. The van der Waals surface area contributed by atoms with Crippen molar-refractivity contribution in [2.24, 2.45) is 0 Å². The Bertz CT molecular complexity index is 691. The lowest BCUT2D eigenvalue weighted by atomic mass is 10.2. The highest BCUT2D eigenvalue weighted by atomic mass is 19.1. The van der Waals surface area contributed by atoms with Crippen LogP contribution in [0.15, 0.2) is 36.7 Å². The van der Waals surface area contributed by atoms with Crippen molar-refractivity contribution in [2.75, 3.05) is 5.32 Å². The van der Waals surface area contributed by atoms with Crippen LogP contribution < -0.4 is 5.32 Å². The van der Waals surface area contributed by atoms with Crippen molar-refractivity contribution < 1.29 is 18.5 Å². The molecule has 0 bridgehead atoms. The summed E-state index contributed by atoms with van der Waals surface area (Å²) in [6.45, 7) is 0. The second-order valence-corrected chi connectivity index (χ2v) is 3.76. The number of benzene rings is 1. The number of hydrogen-bond acceptors (Lipinski definition) is 4. The SMILES string of the molecule is O=C(Nc1cc(F)cc([N+](=O)[O-])c1)c1ccncc1F. The van der Waals surface area contributed by atoms with Gasteiger partial charge in [0.2, 0.25) is 0 Å². The third-order valence-electron chi connectivity index (χ3n) is 2.37. The summed E-state index contributed by atoms with van der Waals surface area (Å²) in [5.74, 6) is -2.59. The van der Waals surface area contributed by atoms with Crippen LogP contribution in [0.5, 0.6) is 0 Å². The summed E-state index contributed by atoms with van der Waals surface area (Å²) >= 11 is 0. The first-order valence-corrected chi connectivity index (χ1v) is 5.33. The van der Waals surface area contributed by atoms with Crippen molar-refractivity contribution in [3.05, 3.63) is 64.0 Å². The summed E-state index contributed by atoms with van der Waals surface area (Å²) < 4.78 is 26.5. The Balaban J connectivity index is 2.28. The van der Waals surface area contributed by atoms with Crippen LogP contribution >= 0.6 is 0 Å². The topological polar surface area (TPSA) is 85.1 Å². The lowest BCUT2D eigenvalue weighted by Crippen LogP contribution is -2.14. The molecule has 1 aromatic carbocycles. The quantitative estimate of drug-likeness (QED) is 0.691. The van der Waals surface area contributed by atoms with Crippen molar-refractivity contribution >= 4 is 17.3 Å². The second-order valence-electron chi connectivity index (χ2n) is 3.76. The maximum atomic E-state index is 13.3. The summed E-state index contributed by atoms with van der Waals surface area (Å²) in [4.78, 5) is 25.0. The molecule has 0 aliphatic heterocycles. The first-order valence-electron chi connectivity index (χ1n) is 5.33. The normalized spacial score (nSPS) is 10.1. The van der Waals surface area contributed by atoms with Crippen LogP contribution in [0.2, 0.25) is 0 Å². The third kappa shape index (κ3) is 2.91. The summed E-state index contributed by atoms with van der Waals surface area (Å²) in [6.07, 6.45) is 2.06. The van der Waals surface area contributed by atoms with Crippen LogP contribution in [-0.2, 0) is 0 Å². The Kier molecular flexibility index (Phi) is 3.65. The molecule has 1 aromatic heterocycles. The van der Waals surface area contributed by atoms with Gasteiger partial charge in [0, 0.05) is 12.3 Å². The molecule has 0 fully saturated rings. The number of nitrogens with one attached hydrogen (secondary N) is 1. The Labute approximate surface area is 111 Å². The van der Waals surface area contributed by atoms with Crippen LogP contribution in [0.3, 0.4) is 0 Å². The molecule has 20 heavy (non-hydrogen) atoms. The number of nitro benzene ring substituents is 1. The van der Waals surface area contributed by atoms with Gasteiger partial charge >= 0.3 is 0 Å². The van der Waals surface area contributed by atoms with Gasteiger partial charge in [-0.2, -0.15) is 0 Å². The molecule has 0 unspecified atom stereocenters. The molecule has 0 atom stereocenters. The molecule has 8 heteroatoms. The average Bonchev–Trinajstić information content (AvgIpc) is 2.38. The number of carbonyl (C=O) groups excluding carboxylic acids is 1. The first-order chi connectivity index (χ1) is 9.47. The molecule has 0 aliphatic carbocycles. The zero-order valence-corrected chi connectivity index (χ0v) is 9.84. The van der Waals surface area contributed by atoms with E-state index in [9.17, 15) is 23.7 Å². The van der Waals surface area contributed by atoms with E-state index in [1.165, 1.54) is 6.20 Å². The Morgan fingerprint density at radius 1 is 1.30 bits per heavy atom. The molecule has 0 saturated carbocycles. The minimum Gasteiger partial charge on any atom is -0.322 e. The molecule has 1 heterocycles. The van der Waals surface area contributed by atoms with E-state index in [2.05, 4.69) is 10.3 Å². The molecule has 6 nitrogen and oxygen atoms in total. The molecular formula is C12H7F2N3O3. The Hall–Kier alpha value is -2.90. The highest BCUT2D eigenvalue weighted by molar-refractivity contribution is 6.04. The van der Waals surface area contributed by atoms with E-state index in [4.69, 9.17) is 0 Å². The average molecular weight is 279 g/mol. The number of aromatic nitrogens is 1. The largest absolute Gasteiger partial charge is 0.322 e. The van der Waals surface area contributed by atoms with Gasteiger partial charge in [-0.25, -0.2) is 8.78 Å². The van der Waals surface area contributed by atoms with Crippen LogP contribution in [0.4, 0.5) is 20.2 Å². The van der Waals surface area contributed by atoms with Gasteiger partial charge in [-0.05, 0) is 12.1 Å². The summed E-state index contributed by atoms with van der Waals surface area (Å²) in [5.41, 5.74) is -0.958. The number of non-ortho nitro benzene ring substituents is 1. The van der Waals surface area contributed by atoms with Crippen molar-refractivity contribution in [3.63, 3.8) is 0 Å². The van der Waals surface area contributed by atoms with E-state index in [-0.39, 0.29) is 11.3 Å². The summed E-state index contributed by atoms with van der Waals surface area (Å²) in [7, 11) is 0.